The SMILES string of the molecule is COc1cc(-n2cc(-c3ccc(Cl)cc3)n(-c3ccccc3)c2=O)cc(OC)c1OC. The molecule has 0 atom stereocenters. The van der Waals surface area contributed by atoms with Crippen LogP contribution < -0.4 is 19.9 Å². The fourth-order valence-corrected chi connectivity index (χ4v) is 3.61. The molecule has 0 aliphatic rings. The number of nitrogens with zero attached hydrogens (tertiary/aromatic N) is 2. The van der Waals surface area contributed by atoms with Crippen LogP contribution in [0.3, 0.4) is 0 Å². The summed E-state index contributed by atoms with van der Waals surface area (Å²) >= 11 is 6.07. The van der Waals surface area contributed by atoms with Gasteiger partial charge in [-0.3, -0.25) is 9.13 Å². The van der Waals surface area contributed by atoms with E-state index in [2.05, 4.69) is 0 Å². The number of imidazole rings is 1. The van der Waals surface area contributed by atoms with E-state index in [9.17, 15) is 4.79 Å². The Balaban J connectivity index is 1.99. The van der Waals surface area contributed by atoms with Gasteiger partial charge in [0.15, 0.2) is 11.5 Å². The highest BCUT2D eigenvalue weighted by Crippen LogP contribution is 2.39. The van der Waals surface area contributed by atoms with Crippen molar-refractivity contribution in [3.8, 4) is 39.9 Å². The second-order valence-corrected chi connectivity index (χ2v) is 7.16. The molecule has 0 amide bonds. The van der Waals surface area contributed by atoms with Gasteiger partial charge in [-0.15, -0.1) is 0 Å². The lowest BCUT2D eigenvalue weighted by atomic mass is 10.1. The monoisotopic (exact) mass is 436 g/mol. The minimum absolute atomic E-state index is 0.231. The summed E-state index contributed by atoms with van der Waals surface area (Å²) in [5, 5.41) is 0.626. The summed E-state index contributed by atoms with van der Waals surface area (Å²) in [6.07, 6.45) is 1.79. The Labute approximate surface area is 184 Å². The van der Waals surface area contributed by atoms with E-state index in [1.807, 2.05) is 42.5 Å². The van der Waals surface area contributed by atoms with E-state index >= 15 is 0 Å². The Hall–Kier alpha value is -3.64. The molecule has 0 N–H and O–H groups in total. The van der Waals surface area contributed by atoms with Gasteiger partial charge in [-0.25, -0.2) is 4.79 Å². The molecule has 4 rings (SSSR count). The van der Waals surface area contributed by atoms with Crippen LogP contribution in [0, 0.1) is 0 Å². The lowest BCUT2D eigenvalue weighted by Gasteiger charge is -2.14. The zero-order chi connectivity index (χ0) is 22.0. The maximum Gasteiger partial charge on any atom is 0.337 e. The molecule has 0 spiro atoms. The van der Waals surface area contributed by atoms with E-state index < -0.39 is 0 Å². The van der Waals surface area contributed by atoms with Crippen molar-refractivity contribution in [2.24, 2.45) is 0 Å². The van der Waals surface area contributed by atoms with Gasteiger partial charge in [-0.1, -0.05) is 41.9 Å². The molecular weight excluding hydrogens is 416 g/mol. The van der Waals surface area contributed by atoms with Crippen LogP contribution in [-0.4, -0.2) is 30.5 Å². The maximum atomic E-state index is 13.6. The average Bonchev–Trinajstić information content (AvgIpc) is 3.16. The Morgan fingerprint density at radius 3 is 1.94 bits per heavy atom. The Bertz CT molecular complexity index is 1240. The van der Waals surface area contributed by atoms with Crippen molar-refractivity contribution in [3.63, 3.8) is 0 Å². The summed E-state index contributed by atoms with van der Waals surface area (Å²) in [5.74, 6) is 1.38. The molecule has 0 unspecified atom stereocenters. The second kappa shape index (κ2) is 8.62. The Morgan fingerprint density at radius 2 is 1.39 bits per heavy atom. The molecule has 0 bridgehead atoms. The molecule has 0 radical (unpaired) electrons. The summed E-state index contributed by atoms with van der Waals surface area (Å²) in [6, 6.07) is 20.3. The van der Waals surface area contributed by atoms with E-state index in [1.54, 1.807) is 39.6 Å². The highest BCUT2D eigenvalue weighted by molar-refractivity contribution is 6.30. The molecule has 0 saturated carbocycles. The lowest BCUT2D eigenvalue weighted by Crippen LogP contribution is -2.22. The number of hydrogen-bond donors (Lipinski definition) is 0. The van der Waals surface area contributed by atoms with Crippen LogP contribution >= 0.6 is 11.6 Å². The predicted molar refractivity (Wildman–Crippen MR) is 121 cm³/mol. The van der Waals surface area contributed by atoms with Crippen molar-refractivity contribution in [2.45, 2.75) is 0 Å². The lowest BCUT2D eigenvalue weighted by molar-refractivity contribution is 0.324. The number of para-hydroxylation sites is 1. The number of aromatic nitrogens is 2. The van der Waals surface area contributed by atoms with E-state index in [4.69, 9.17) is 25.8 Å². The molecule has 4 aromatic rings. The summed E-state index contributed by atoms with van der Waals surface area (Å²) in [4.78, 5) is 13.6. The fraction of sp³-hybridized carbons (Fsp3) is 0.125. The molecular formula is C24H21ClN2O4. The molecule has 0 aliphatic heterocycles. The highest BCUT2D eigenvalue weighted by Gasteiger charge is 2.19. The smallest absolute Gasteiger partial charge is 0.337 e. The van der Waals surface area contributed by atoms with Crippen molar-refractivity contribution < 1.29 is 14.2 Å². The summed E-state index contributed by atoms with van der Waals surface area (Å²) < 4.78 is 19.5. The number of ether oxygens (including phenoxy) is 3. The van der Waals surface area contributed by atoms with Crippen LogP contribution in [0.4, 0.5) is 0 Å². The van der Waals surface area contributed by atoms with E-state index in [1.165, 1.54) is 21.3 Å². The molecule has 0 saturated heterocycles. The third-order valence-electron chi connectivity index (χ3n) is 4.97. The van der Waals surface area contributed by atoms with Crippen molar-refractivity contribution in [1.82, 2.24) is 9.13 Å². The van der Waals surface area contributed by atoms with Crippen molar-refractivity contribution >= 4 is 11.6 Å². The van der Waals surface area contributed by atoms with Crippen LogP contribution in [0.25, 0.3) is 22.6 Å². The van der Waals surface area contributed by atoms with Crippen molar-refractivity contribution in [1.29, 1.82) is 0 Å². The molecule has 1 heterocycles. The Kier molecular flexibility index (Phi) is 5.73. The summed E-state index contributed by atoms with van der Waals surface area (Å²) in [5.41, 5.74) is 2.69. The molecule has 7 heteroatoms. The van der Waals surface area contributed by atoms with Crippen LogP contribution in [0.1, 0.15) is 0 Å². The fourth-order valence-electron chi connectivity index (χ4n) is 3.49. The van der Waals surface area contributed by atoms with Crippen LogP contribution in [0.5, 0.6) is 17.2 Å². The minimum atomic E-state index is -0.231. The zero-order valence-corrected chi connectivity index (χ0v) is 18.1. The van der Waals surface area contributed by atoms with Crippen LogP contribution in [0.2, 0.25) is 5.02 Å². The van der Waals surface area contributed by atoms with Gasteiger partial charge in [-0.2, -0.15) is 0 Å². The van der Waals surface area contributed by atoms with Gasteiger partial charge in [0, 0.05) is 28.9 Å². The molecule has 158 valence electrons. The number of hydrogen-bond acceptors (Lipinski definition) is 4. The van der Waals surface area contributed by atoms with Gasteiger partial charge < -0.3 is 14.2 Å². The average molecular weight is 437 g/mol. The third kappa shape index (κ3) is 3.78. The second-order valence-electron chi connectivity index (χ2n) is 6.73. The van der Waals surface area contributed by atoms with Gasteiger partial charge in [0.1, 0.15) is 0 Å². The standard InChI is InChI=1S/C24H21ClN2O4/c1-29-21-13-19(14-22(30-2)23(21)31-3)26-15-20(16-9-11-17(25)12-10-16)27(24(26)28)18-7-5-4-6-8-18/h4-15H,1-3H3. The zero-order valence-electron chi connectivity index (χ0n) is 17.3. The molecule has 31 heavy (non-hydrogen) atoms. The van der Waals surface area contributed by atoms with E-state index in [0.717, 1.165) is 16.9 Å². The molecule has 0 fully saturated rings. The maximum absolute atomic E-state index is 13.6. The quantitative estimate of drug-likeness (QED) is 0.428. The number of halogens is 1. The van der Waals surface area contributed by atoms with Crippen LogP contribution in [0.15, 0.2) is 77.7 Å². The first kappa shape index (κ1) is 20.6. The minimum Gasteiger partial charge on any atom is -0.493 e. The van der Waals surface area contributed by atoms with Gasteiger partial charge >= 0.3 is 5.69 Å². The summed E-state index contributed by atoms with van der Waals surface area (Å²) in [6.45, 7) is 0. The first-order valence-corrected chi connectivity index (χ1v) is 9.91. The topological polar surface area (TPSA) is 54.6 Å². The molecule has 0 aliphatic carbocycles. The third-order valence-corrected chi connectivity index (χ3v) is 5.22. The van der Waals surface area contributed by atoms with Gasteiger partial charge in [0.2, 0.25) is 5.75 Å². The summed E-state index contributed by atoms with van der Waals surface area (Å²) in [7, 11) is 4.62. The first-order chi connectivity index (χ1) is 15.1. The molecule has 6 nitrogen and oxygen atoms in total. The van der Waals surface area contributed by atoms with E-state index in [-0.39, 0.29) is 5.69 Å². The first-order valence-electron chi connectivity index (χ1n) is 9.53. The number of methoxy groups -OCH3 is 3. The van der Waals surface area contributed by atoms with Crippen molar-refractivity contribution in [2.75, 3.05) is 21.3 Å². The number of rotatable bonds is 6. The molecule has 1 aromatic heterocycles. The van der Waals surface area contributed by atoms with Gasteiger partial charge in [0.05, 0.1) is 38.4 Å². The largest absolute Gasteiger partial charge is 0.493 e. The van der Waals surface area contributed by atoms with Gasteiger partial charge in [-0.05, 0) is 24.3 Å². The van der Waals surface area contributed by atoms with Crippen molar-refractivity contribution in [3.05, 3.63) is 88.4 Å². The normalized spacial score (nSPS) is 10.7. The molecule has 3 aromatic carbocycles. The van der Waals surface area contributed by atoms with Gasteiger partial charge in [0.25, 0.3) is 0 Å². The highest BCUT2D eigenvalue weighted by atomic mass is 35.5. The van der Waals surface area contributed by atoms with E-state index in [0.29, 0.717) is 28.0 Å². The van der Waals surface area contributed by atoms with Crippen LogP contribution in [-0.2, 0) is 0 Å². The predicted octanol–water partition coefficient (Wildman–Crippen LogP) is 4.97. The number of benzene rings is 3. The Morgan fingerprint density at radius 1 is 0.774 bits per heavy atom.